The zero-order chi connectivity index (χ0) is 14.5. The highest BCUT2D eigenvalue weighted by atomic mass is 16.5. The first-order chi connectivity index (χ1) is 9.63. The molecule has 6 heteroatoms. The molecule has 104 valence electrons. The summed E-state index contributed by atoms with van der Waals surface area (Å²) in [5, 5.41) is 2.81. The van der Waals surface area contributed by atoms with Gasteiger partial charge in [-0.05, 0) is 42.8 Å². The summed E-state index contributed by atoms with van der Waals surface area (Å²) in [7, 11) is 1.61. The van der Waals surface area contributed by atoms with E-state index < -0.39 is 0 Å². The molecule has 0 aliphatic rings. The molecule has 6 nitrogen and oxygen atoms in total. The molecule has 2 rings (SSSR count). The van der Waals surface area contributed by atoms with Gasteiger partial charge in [-0.25, -0.2) is 10.8 Å². The van der Waals surface area contributed by atoms with Gasteiger partial charge >= 0.3 is 0 Å². The Morgan fingerprint density at radius 2 is 2.10 bits per heavy atom. The van der Waals surface area contributed by atoms with Crippen LogP contribution in [-0.2, 0) is 0 Å². The maximum Gasteiger partial charge on any atom is 0.255 e. The van der Waals surface area contributed by atoms with Gasteiger partial charge in [0.25, 0.3) is 5.91 Å². The molecule has 0 saturated carbocycles. The standard InChI is InChI=1S/C14H16N4O2/c1-9-7-11(3-4-12(9)20-2)17-14(19)10-5-6-16-13(8-10)18-15/h3-8H,15H2,1-2H3,(H,16,18)(H,17,19). The number of nitrogens with one attached hydrogen (secondary N) is 2. The number of hydrogen-bond donors (Lipinski definition) is 3. The van der Waals surface area contributed by atoms with Crippen LogP contribution in [0.1, 0.15) is 15.9 Å². The number of hydrazine groups is 1. The minimum atomic E-state index is -0.228. The summed E-state index contributed by atoms with van der Waals surface area (Å²) in [5.74, 6) is 6.25. The smallest absolute Gasteiger partial charge is 0.255 e. The molecule has 0 spiro atoms. The number of nitrogens with zero attached hydrogens (tertiary/aromatic N) is 1. The van der Waals surface area contributed by atoms with E-state index in [1.165, 1.54) is 6.20 Å². The van der Waals surface area contributed by atoms with Crippen molar-refractivity contribution >= 4 is 17.4 Å². The molecule has 1 heterocycles. The predicted octanol–water partition coefficient (Wildman–Crippen LogP) is 1.94. The minimum absolute atomic E-state index is 0.228. The van der Waals surface area contributed by atoms with Crippen LogP contribution in [0.25, 0.3) is 0 Å². The SMILES string of the molecule is COc1ccc(NC(=O)c2ccnc(NN)c2)cc1C. The first-order valence-electron chi connectivity index (χ1n) is 6.02. The molecule has 0 radical (unpaired) electrons. The van der Waals surface area contributed by atoms with E-state index in [0.29, 0.717) is 17.1 Å². The van der Waals surface area contributed by atoms with Gasteiger partial charge < -0.3 is 15.5 Å². The number of aryl methyl sites for hydroxylation is 1. The summed E-state index contributed by atoms with van der Waals surface area (Å²) in [6, 6.07) is 8.63. The quantitative estimate of drug-likeness (QED) is 0.584. The molecule has 1 amide bonds. The third-order valence-electron chi connectivity index (χ3n) is 2.82. The highest BCUT2D eigenvalue weighted by Gasteiger charge is 2.08. The fraction of sp³-hybridized carbons (Fsp3) is 0.143. The summed E-state index contributed by atoms with van der Waals surface area (Å²) < 4.78 is 5.18. The number of amides is 1. The Morgan fingerprint density at radius 3 is 2.75 bits per heavy atom. The van der Waals surface area contributed by atoms with Crippen molar-refractivity contribution in [2.75, 3.05) is 17.9 Å². The van der Waals surface area contributed by atoms with Gasteiger partial charge in [0.05, 0.1) is 7.11 Å². The Hall–Kier alpha value is -2.60. The second-order valence-electron chi connectivity index (χ2n) is 4.21. The van der Waals surface area contributed by atoms with E-state index in [4.69, 9.17) is 10.6 Å². The monoisotopic (exact) mass is 272 g/mol. The summed E-state index contributed by atoms with van der Waals surface area (Å²) >= 11 is 0. The zero-order valence-electron chi connectivity index (χ0n) is 11.3. The average Bonchev–Trinajstić information content (AvgIpc) is 2.47. The Labute approximate surface area is 116 Å². The van der Waals surface area contributed by atoms with Crippen molar-refractivity contribution in [3.05, 3.63) is 47.7 Å². The average molecular weight is 272 g/mol. The lowest BCUT2D eigenvalue weighted by Crippen LogP contribution is -2.14. The summed E-state index contributed by atoms with van der Waals surface area (Å²) in [6.45, 7) is 1.91. The lowest BCUT2D eigenvalue weighted by Gasteiger charge is -2.09. The number of rotatable bonds is 4. The number of carbonyl (C=O) groups is 1. The highest BCUT2D eigenvalue weighted by Crippen LogP contribution is 2.21. The molecule has 0 saturated heterocycles. The zero-order valence-corrected chi connectivity index (χ0v) is 11.3. The number of carbonyl (C=O) groups excluding carboxylic acids is 1. The number of hydrogen-bond acceptors (Lipinski definition) is 5. The van der Waals surface area contributed by atoms with Gasteiger partial charge in [0.1, 0.15) is 11.6 Å². The van der Waals surface area contributed by atoms with Crippen LogP contribution in [0.15, 0.2) is 36.5 Å². The number of benzene rings is 1. The molecule has 0 aliphatic carbocycles. The second kappa shape index (κ2) is 6.03. The van der Waals surface area contributed by atoms with Crippen molar-refractivity contribution in [1.29, 1.82) is 0 Å². The lowest BCUT2D eigenvalue weighted by atomic mass is 10.2. The summed E-state index contributed by atoms with van der Waals surface area (Å²) in [5.41, 5.74) is 4.53. The van der Waals surface area contributed by atoms with Crippen LogP contribution in [0.3, 0.4) is 0 Å². The minimum Gasteiger partial charge on any atom is -0.496 e. The van der Waals surface area contributed by atoms with Crippen molar-refractivity contribution in [3.8, 4) is 5.75 Å². The number of pyridine rings is 1. The van der Waals surface area contributed by atoms with Crippen LogP contribution in [0, 0.1) is 6.92 Å². The molecule has 0 unspecified atom stereocenters. The first-order valence-corrected chi connectivity index (χ1v) is 6.02. The predicted molar refractivity (Wildman–Crippen MR) is 77.7 cm³/mol. The van der Waals surface area contributed by atoms with Crippen molar-refractivity contribution in [1.82, 2.24) is 4.98 Å². The van der Waals surface area contributed by atoms with E-state index in [1.807, 2.05) is 19.1 Å². The van der Waals surface area contributed by atoms with Crippen LogP contribution < -0.4 is 21.3 Å². The van der Waals surface area contributed by atoms with E-state index in [-0.39, 0.29) is 5.91 Å². The maximum atomic E-state index is 12.1. The van der Waals surface area contributed by atoms with Crippen LogP contribution in [0.5, 0.6) is 5.75 Å². The summed E-state index contributed by atoms with van der Waals surface area (Å²) in [4.78, 5) is 16.1. The molecule has 0 aliphatic heterocycles. The number of ether oxygens (including phenoxy) is 1. The molecule has 20 heavy (non-hydrogen) atoms. The third-order valence-corrected chi connectivity index (χ3v) is 2.82. The van der Waals surface area contributed by atoms with Crippen LogP contribution in [0.2, 0.25) is 0 Å². The van der Waals surface area contributed by atoms with E-state index in [9.17, 15) is 4.79 Å². The van der Waals surface area contributed by atoms with Gasteiger partial charge in [0.15, 0.2) is 0 Å². The first kappa shape index (κ1) is 13.8. The van der Waals surface area contributed by atoms with Gasteiger partial charge in [-0.3, -0.25) is 4.79 Å². The van der Waals surface area contributed by atoms with Gasteiger partial charge in [0.2, 0.25) is 0 Å². The normalized spacial score (nSPS) is 9.95. The molecule has 4 N–H and O–H groups in total. The van der Waals surface area contributed by atoms with E-state index in [0.717, 1.165) is 11.3 Å². The Kier molecular flexibility index (Phi) is 4.17. The Balaban J connectivity index is 2.16. The Bertz CT molecular complexity index is 628. The largest absolute Gasteiger partial charge is 0.496 e. The number of nitrogens with two attached hydrogens (primary N) is 1. The van der Waals surface area contributed by atoms with Crippen molar-refractivity contribution in [2.45, 2.75) is 6.92 Å². The second-order valence-corrected chi connectivity index (χ2v) is 4.21. The van der Waals surface area contributed by atoms with Crippen LogP contribution >= 0.6 is 0 Å². The van der Waals surface area contributed by atoms with Crippen molar-refractivity contribution < 1.29 is 9.53 Å². The number of aromatic nitrogens is 1. The molecule has 2 aromatic rings. The number of methoxy groups -OCH3 is 1. The third kappa shape index (κ3) is 3.04. The van der Waals surface area contributed by atoms with E-state index in [2.05, 4.69) is 15.7 Å². The van der Waals surface area contributed by atoms with E-state index >= 15 is 0 Å². The lowest BCUT2D eigenvalue weighted by molar-refractivity contribution is 0.102. The summed E-state index contributed by atoms with van der Waals surface area (Å²) in [6.07, 6.45) is 1.52. The number of anilines is 2. The van der Waals surface area contributed by atoms with Gasteiger partial charge in [0, 0.05) is 17.4 Å². The molecule has 0 atom stereocenters. The molecular formula is C14H16N4O2. The van der Waals surface area contributed by atoms with Crippen LogP contribution in [-0.4, -0.2) is 18.0 Å². The molecular weight excluding hydrogens is 256 g/mol. The highest BCUT2D eigenvalue weighted by molar-refractivity contribution is 6.04. The molecule has 1 aromatic carbocycles. The number of nitrogen functional groups attached to an aromatic ring is 1. The van der Waals surface area contributed by atoms with Crippen molar-refractivity contribution in [2.24, 2.45) is 5.84 Å². The molecule has 0 fully saturated rings. The molecule has 0 bridgehead atoms. The van der Waals surface area contributed by atoms with Gasteiger partial charge in [-0.1, -0.05) is 0 Å². The maximum absolute atomic E-state index is 12.1. The fourth-order valence-electron chi connectivity index (χ4n) is 1.81. The molecule has 1 aromatic heterocycles. The van der Waals surface area contributed by atoms with E-state index in [1.54, 1.807) is 25.3 Å². The topological polar surface area (TPSA) is 89.3 Å². The van der Waals surface area contributed by atoms with Crippen LogP contribution in [0.4, 0.5) is 11.5 Å². The van der Waals surface area contributed by atoms with Gasteiger partial charge in [-0.15, -0.1) is 0 Å². The van der Waals surface area contributed by atoms with Crippen molar-refractivity contribution in [3.63, 3.8) is 0 Å². The fourth-order valence-corrected chi connectivity index (χ4v) is 1.81. The van der Waals surface area contributed by atoms with Gasteiger partial charge in [-0.2, -0.15) is 0 Å². The Morgan fingerprint density at radius 1 is 1.30 bits per heavy atom.